The van der Waals surface area contributed by atoms with Gasteiger partial charge in [0.2, 0.25) is 5.91 Å². The van der Waals surface area contributed by atoms with Gasteiger partial charge in [-0.2, -0.15) is 0 Å². The lowest BCUT2D eigenvalue weighted by atomic mass is 10.1. The number of hydrogen-bond donors (Lipinski definition) is 0. The zero-order valence-electron chi connectivity index (χ0n) is 11.8. The molecule has 2 aromatic carbocycles. The van der Waals surface area contributed by atoms with Crippen molar-refractivity contribution in [2.24, 2.45) is 0 Å². The first kappa shape index (κ1) is 13.6. The van der Waals surface area contributed by atoms with E-state index in [1.54, 1.807) is 23.1 Å². The Morgan fingerprint density at radius 3 is 2.76 bits per heavy atom. The maximum atomic E-state index is 13.7. The molecule has 0 saturated heterocycles. The minimum Gasteiger partial charge on any atom is -0.487 e. The number of benzene rings is 2. The number of rotatable bonds is 2. The number of anilines is 1. The van der Waals surface area contributed by atoms with E-state index in [0.29, 0.717) is 17.9 Å². The van der Waals surface area contributed by atoms with Gasteiger partial charge in [-0.1, -0.05) is 30.3 Å². The van der Waals surface area contributed by atoms with Crippen molar-refractivity contribution in [3.05, 3.63) is 59.9 Å². The van der Waals surface area contributed by atoms with Crippen molar-refractivity contribution in [1.82, 2.24) is 0 Å². The molecule has 3 nitrogen and oxygen atoms in total. The number of carbonyl (C=O) groups excluding carboxylic acids is 1. The summed E-state index contributed by atoms with van der Waals surface area (Å²) in [7, 11) is 0. The minimum atomic E-state index is -0.347. The fourth-order valence-electron chi connectivity index (χ4n) is 2.53. The molecular weight excluding hydrogens is 269 g/mol. The van der Waals surface area contributed by atoms with E-state index >= 15 is 0 Å². The number of nitrogens with zero attached hydrogens (tertiary/aromatic N) is 1. The van der Waals surface area contributed by atoms with Crippen LogP contribution in [0.5, 0.6) is 5.75 Å². The zero-order chi connectivity index (χ0) is 14.8. The van der Waals surface area contributed by atoms with Crippen LogP contribution in [0.2, 0.25) is 0 Å². The van der Waals surface area contributed by atoms with Crippen molar-refractivity contribution in [3.8, 4) is 5.75 Å². The average Bonchev–Trinajstić information content (AvgIpc) is 2.48. The minimum absolute atomic E-state index is 0.0493. The smallest absolute Gasteiger partial charge is 0.231 e. The van der Waals surface area contributed by atoms with E-state index in [1.807, 2.05) is 31.2 Å². The van der Waals surface area contributed by atoms with E-state index in [-0.39, 0.29) is 24.2 Å². The topological polar surface area (TPSA) is 29.5 Å². The van der Waals surface area contributed by atoms with Crippen LogP contribution in [0.1, 0.15) is 12.5 Å². The Kier molecular flexibility index (Phi) is 3.60. The van der Waals surface area contributed by atoms with Crippen LogP contribution in [-0.4, -0.2) is 18.6 Å². The van der Waals surface area contributed by atoms with Crippen LogP contribution >= 0.6 is 0 Å². The van der Waals surface area contributed by atoms with E-state index in [9.17, 15) is 9.18 Å². The van der Waals surface area contributed by atoms with Crippen molar-refractivity contribution >= 4 is 11.6 Å². The summed E-state index contributed by atoms with van der Waals surface area (Å²) < 4.78 is 19.4. The van der Waals surface area contributed by atoms with Crippen molar-refractivity contribution in [3.63, 3.8) is 0 Å². The Morgan fingerprint density at radius 1 is 1.24 bits per heavy atom. The highest BCUT2D eigenvalue weighted by Gasteiger charge is 2.27. The second-order valence-corrected chi connectivity index (χ2v) is 5.17. The molecule has 0 aromatic heterocycles. The third-order valence-corrected chi connectivity index (χ3v) is 3.52. The third-order valence-electron chi connectivity index (χ3n) is 3.52. The normalized spacial score (nSPS) is 17.0. The molecule has 108 valence electrons. The summed E-state index contributed by atoms with van der Waals surface area (Å²) in [5, 5.41) is 0. The summed E-state index contributed by atoms with van der Waals surface area (Å²) in [5.41, 5.74) is 1.16. The number of halogens is 1. The number of ether oxygens (including phenoxy) is 1. The first-order valence-electron chi connectivity index (χ1n) is 6.94. The molecule has 0 bridgehead atoms. The lowest BCUT2D eigenvalue weighted by molar-refractivity contribution is -0.118. The van der Waals surface area contributed by atoms with Gasteiger partial charge in [0, 0.05) is 0 Å². The summed E-state index contributed by atoms with van der Waals surface area (Å²) in [5.74, 6) is 0.223. The molecule has 1 atom stereocenters. The molecule has 3 rings (SSSR count). The van der Waals surface area contributed by atoms with Crippen LogP contribution in [-0.2, 0) is 11.2 Å². The number of amides is 1. The van der Waals surface area contributed by atoms with Crippen LogP contribution in [0, 0.1) is 5.82 Å². The average molecular weight is 285 g/mol. The SMILES string of the molecule is CC1CN(C(=O)Cc2ccccc2F)c2ccccc2O1. The Bertz CT molecular complexity index is 671. The van der Waals surface area contributed by atoms with Crippen LogP contribution in [0.4, 0.5) is 10.1 Å². The Balaban J connectivity index is 1.87. The van der Waals surface area contributed by atoms with Gasteiger partial charge in [-0.15, -0.1) is 0 Å². The van der Waals surface area contributed by atoms with Gasteiger partial charge in [0.15, 0.2) is 0 Å². The number of para-hydroxylation sites is 2. The maximum Gasteiger partial charge on any atom is 0.231 e. The molecule has 1 aliphatic heterocycles. The number of hydrogen-bond acceptors (Lipinski definition) is 2. The quantitative estimate of drug-likeness (QED) is 0.848. The highest BCUT2D eigenvalue weighted by atomic mass is 19.1. The monoisotopic (exact) mass is 285 g/mol. The lowest BCUT2D eigenvalue weighted by Crippen LogP contribution is -2.43. The van der Waals surface area contributed by atoms with Crippen LogP contribution in [0.25, 0.3) is 0 Å². The fourth-order valence-corrected chi connectivity index (χ4v) is 2.53. The summed E-state index contributed by atoms with van der Waals surface area (Å²) >= 11 is 0. The predicted molar refractivity (Wildman–Crippen MR) is 79.0 cm³/mol. The molecule has 1 heterocycles. The molecule has 1 aliphatic rings. The van der Waals surface area contributed by atoms with Gasteiger partial charge in [0.25, 0.3) is 0 Å². The van der Waals surface area contributed by atoms with Crippen molar-refractivity contribution in [2.75, 3.05) is 11.4 Å². The summed E-state index contributed by atoms with van der Waals surface area (Å²) in [6, 6.07) is 13.8. The van der Waals surface area contributed by atoms with E-state index < -0.39 is 0 Å². The number of fused-ring (bicyclic) bond motifs is 1. The van der Waals surface area contributed by atoms with E-state index in [0.717, 1.165) is 5.69 Å². The molecule has 0 saturated carbocycles. The molecule has 0 radical (unpaired) electrons. The Hall–Kier alpha value is -2.36. The van der Waals surface area contributed by atoms with Gasteiger partial charge in [-0.25, -0.2) is 4.39 Å². The van der Waals surface area contributed by atoms with E-state index in [1.165, 1.54) is 6.07 Å². The predicted octanol–water partition coefficient (Wildman–Crippen LogP) is 3.18. The summed E-state index contributed by atoms with van der Waals surface area (Å²) in [6.07, 6.45) is -0.0299. The molecule has 1 amide bonds. The van der Waals surface area contributed by atoms with Gasteiger partial charge in [-0.3, -0.25) is 4.79 Å². The Labute approximate surface area is 123 Å². The summed E-state index contributed by atoms with van der Waals surface area (Å²) in [6.45, 7) is 2.39. The second kappa shape index (κ2) is 5.56. The molecule has 1 unspecified atom stereocenters. The second-order valence-electron chi connectivity index (χ2n) is 5.17. The lowest BCUT2D eigenvalue weighted by Gasteiger charge is -2.33. The molecule has 4 heteroatoms. The highest BCUT2D eigenvalue weighted by Crippen LogP contribution is 2.33. The van der Waals surface area contributed by atoms with E-state index in [4.69, 9.17) is 4.74 Å². The summed E-state index contributed by atoms with van der Waals surface area (Å²) in [4.78, 5) is 14.2. The van der Waals surface area contributed by atoms with Gasteiger partial charge in [0.05, 0.1) is 18.7 Å². The third kappa shape index (κ3) is 2.75. The molecule has 21 heavy (non-hydrogen) atoms. The van der Waals surface area contributed by atoms with Gasteiger partial charge < -0.3 is 9.64 Å². The molecule has 2 aromatic rings. The van der Waals surface area contributed by atoms with Crippen molar-refractivity contribution in [2.45, 2.75) is 19.4 Å². The first-order valence-corrected chi connectivity index (χ1v) is 6.94. The molecule has 0 aliphatic carbocycles. The van der Waals surface area contributed by atoms with E-state index in [2.05, 4.69) is 0 Å². The molecule has 0 fully saturated rings. The highest BCUT2D eigenvalue weighted by molar-refractivity contribution is 5.96. The first-order chi connectivity index (χ1) is 10.1. The van der Waals surface area contributed by atoms with Crippen LogP contribution in [0.15, 0.2) is 48.5 Å². The van der Waals surface area contributed by atoms with Crippen LogP contribution < -0.4 is 9.64 Å². The number of carbonyl (C=O) groups is 1. The fraction of sp³-hybridized carbons (Fsp3) is 0.235. The van der Waals surface area contributed by atoms with Gasteiger partial charge in [0.1, 0.15) is 17.7 Å². The van der Waals surface area contributed by atoms with Crippen molar-refractivity contribution < 1.29 is 13.9 Å². The molecular formula is C17H16FNO2. The van der Waals surface area contributed by atoms with Crippen LogP contribution in [0.3, 0.4) is 0 Å². The Morgan fingerprint density at radius 2 is 1.95 bits per heavy atom. The zero-order valence-corrected chi connectivity index (χ0v) is 11.8. The standard InChI is InChI=1S/C17H16FNO2/c1-12-11-19(15-8-4-5-9-16(15)21-12)17(20)10-13-6-2-3-7-14(13)18/h2-9,12H,10-11H2,1H3. The molecule has 0 spiro atoms. The largest absolute Gasteiger partial charge is 0.487 e. The van der Waals surface area contributed by atoms with Crippen molar-refractivity contribution in [1.29, 1.82) is 0 Å². The van der Waals surface area contributed by atoms with Gasteiger partial charge in [-0.05, 0) is 30.7 Å². The van der Waals surface area contributed by atoms with Gasteiger partial charge >= 0.3 is 0 Å². The molecule has 0 N–H and O–H groups in total. The maximum absolute atomic E-state index is 13.7.